The van der Waals surface area contributed by atoms with Crippen LogP contribution < -0.4 is 5.32 Å². The van der Waals surface area contributed by atoms with E-state index in [2.05, 4.69) is 37.1 Å². The molecule has 2 heterocycles. The fourth-order valence-electron chi connectivity index (χ4n) is 3.40. The number of amides is 1. The second-order valence-electron chi connectivity index (χ2n) is 7.33. The second-order valence-corrected chi connectivity index (χ2v) is 8.25. The molecule has 0 bridgehead atoms. The minimum atomic E-state index is -0.00380. The van der Waals surface area contributed by atoms with Crippen molar-refractivity contribution < 1.29 is 4.79 Å². The summed E-state index contributed by atoms with van der Waals surface area (Å²) in [7, 11) is 0. The molecule has 3 nitrogen and oxygen atoms in total. The number of carbonyl (C=O) groups excluding carboxylic acids is 1. The predicted molar refractivity (Wildman–Crippen MR) is 98.2 cm³/mol. The van der Waals surface area contributed by atoms with Gasteiger partial charge in [-0.25, -0.2) is 0 Å². The molecule has 2 aromatic rings. The van der Waals surface area contributed by atoms with Crippen molar-refractivity contribution in [1.82, 2.24) is 10.2 Å². The molecule has 23 heavy (non-hydrogen) atoms. The van der Waals surface area contributed by atoms with Gasteiger partial charge in [0.25, 0.3) is 5.91 Å². The molecule has 1 amide bonds. The number of benzene rings is 1. The van der Waals surface area contributed by atoms with Crippen molar-refractivity contribution in [2.45, 2.75) is 39.2 Å². The van der Waals surface area contributed by atoms with Gasteiger partial charge in [0.05, 0.1) is 5.56 Å². The highest BCUT2D eigenvalue weighted by atomic mass is 32.1. The molecule has 1 aliphatic heterocycles. The summed E-state index contributed by atoms with van der Waals surface area (Å²) in [4.78, 5) is 15.1. The van der Waals surface area contributed by atoms with Crippen LogP contribution in [0.2, 0.25) is 0 Å². The Balaban J connectivity index is 1.66. The molecule has 0 spiro atoms. The predicted octanol–water partition coefficient (Wildman–Crippen LogP) is 4.14. The number of rotatable bonds is 4. The van der Waals surface area contributed by atoms with E-state index in [1.54, 1.807) is 11.3 Å². The van der Waals surface area contributed by atoms with Crippen molar-refractivity contribution in [2.75, 3.05) is 19.6 Å². The van der Waals surface area contributed by atoms with E-state index in [1.807, 2.05) is 23.6 Å². The molecule has 1 N–H and O–H groups in total. The van der Waals surface area contributed by atoms with E-state index in [1.165, 1.54) is 17.5 Å². The van der Waals surface area contributed by atoms with Crippen LogP contribution in [-0.4, -0.2) is 36.0 Å². The van der Waals surface area contributed by atoms with Crippen LogP contribution in [-0.2, 0) is 0 Å². The number of likely N-dealkylation sites (tertiary alicyclic amines) is 1. The van der Waals surface area contributed by atoms with Crippen molar-refractivity contribution in [3.8, 4) is 0 Å². The Labute approximate surface area is 142 Å². The van der Waals surface area contributed by atoms with Gasteiger partial charge in [0.1, 0.15) is 0 Å². The molecule has 0 radical (unpaired) electrons. The van der Waals surface area contributed by atoms with Gasteiger partial charge in [-0.2, -0.15) is 0 Å². The molecule has 1 atom stereocenters. The second kappa shape index (κ2) is 6.62. The van der Waals surface area contributed by atoms with E-state index in [-0.39, 0.29) is 11.4 Å². The first kappa shape index (κ1) is 16.5. The summed E-state index contributed by atoms with van der Waals surface area (Å²) in [5, 5.41) is 6.18. The van der Waals surface area contributed by atoms with Crippen LogP contribution in [0.4, 0.5) is 0 Å². The molecule has 0 aliphatic carbocycles. The lowest BCUT2D eigenvalue weighted by Crippen LogP contribution is -2.54. The first-order valence-electron chi connectivity index (χ1n) is 8.47. The molecule has 1 fully saturated rings. The summed E-state index contributed by atoms with van der Waals surface area (Å²) in [5.74, 6) is 0.792. The van der Waals surface area contributed by atoms with Crippen molar-refractivity contribution in [2.24, 2.45) is 5.92 Å². The summed E-state index contributed by atoms with van der Waals surface area (Å²) in [5.41, 5.74) is 0.796. The van der Waals surface area contributed by atoms with Gasteiger partial charge in [-0.1, -0.05) is 25.1 Å². The number of hydrogen-bond acceptors (Lipinski definition) is 3. The summed E-state index contributed by atoms with van der Waals surface area (Å²) in [6, 6.07) is 8.10. The van der Waals surface area contributed by atoms with Gasteiger partial charge in [-0.15, -0.1) is 11.3 Å². The Morgan fingerprint density at radius 3 is 2.96 bits per heavy atom. The molecule has 1 aliphatic rings. The summed E-state index contributed by atoms with van der Waals surface area (Å²) >= 11 is 1.63. The summed E-state index contributed by atoms with van der Waals surface area (Å²) in [6.45, 7) is 9.73. The van der Waals surface area contributed by atoms with Crippen molar-refractivity contribution in [1.29, 1.82) is 0 Å². The number of carbonyl (C=O) groups is 1. The van der Waals surface area contributed by atoms with Gasteiger partial charge >= 0.3 is 0 Å². The maximum atomic E-state index is 12.6. The fraction of sp³-hybridized carbons (Fsp3) is 0.526. The van der Waals surface area contributed by atoms with Crippen LogP contribution in [0.3, 0.4) is 0 Å². The van der Waals surface area contributed by atoms with Crippen LogP contribution in [0.15, 0.2) is 29.6 Å². The Morgan fingerprint density at radius 1 is 1.39 bits per heavy atom. The maximum Gasteiger partial charge on any atom is 0.252 e. The molecular weight excluding hydrogens is 304 g/mol. The average molecular weight is 330 g/mol. The zero-order chi connectivity index (χ0) is 16.4. The molecule has 124 valence electrons. The number of nitrogens with one attached hydrogen (secondary N) is 1. The Morgan fingerprint density at radius 2 is 2.17 bits per heavy atom. The zero-order valence-electron chi connectivity index (χ0n) is 14.3. The van der Waals surface area contributed by atoms with Crippen molar-refractivity contribution >= 4 is 27.3 Å². The summed E-state index contributed by atoms with van der Waals surface area (Å²) < 4.78 is 1.17. The minimum absolute atomic E-state index is 0.00380. The van der Waals surface area contributed by atoms with Gasteiger partial charge in [0, 0.05) is 34.1 Å². The van der Waals surface area contributed by atoms with E-state index in [0.717, 1.165) is 30.0 Å². The molecule has 4 heteroatoms. The number of thiophene rings is 1. The highest BCUT2D eigenvalue weighted by molar-refractivity contribution is 7.17. The van der Waals surface area contributed by atoms with Gasteiger partial charge in [-0.3, -0.25) is 9.69 Å². The third kappa shape index (κ3) is 3.59. The molecule has 0 saturated carbocycles. The quantitative estimate of drug-likeness (QED) is 0.914. The third-order valence-corrected chi connectivity index (χ3v) is 5.88. The third-order valence-electron chi connectivity index (χ3n) is 4.92. The van der Waals surface area contributed by atoms with Gasteiger partial charge in [0.15, 0.2) is 0 Å². The number of nitrogens with zero attached hydrogens (tertiary/aromatic N) is 1. The number of fused-ring (bicyclic) bond motifs is 1. The molecule has 1 unspecified atom stereocenters. The SMILES string of the molecule is CC1CCCN(C(C)(C)CNC(=O)c2csc3ccccc23)C1. The van der Waals surface area contributed by atoms with Gasteiger partial charge in [0.2, 0.25) is 0 Å². The molecule has 1 aromatic heterocycles. The lowest BCUT2D eigenvalue weighted by Gasteiger charge is -2.43. The maximum absolute atomic E-state index is 12.6. The Kier molecular flexibility index (Phi) is 4.74. The first-order valence-corrected chi connectivity index (χ1v) is 9.35. The number of hydrogen-bond donors (Lipinski definition) is 1. The zero-order valence-corrected chi connectivity index (χ0v) is 15.1. The van der Waals surface area contributed by atoms with E-state index in [9.17, 15) is 4.79 Å². The van der Waals surface area contributed by atoms with E-state index >= 15 is 0 Å². The normalized spacial score (nSPS) is 19.9. The van der Waals surface area contributed by atoms with Crippen LogP contribution in [0.5, 0.6) is 0 Å². The lowest BCUT2D eigenvalue weighted by molar-refractivity contribution is 0.0658. The Hall–Kier alpha value is -1.39. The standard InChI is InChI=1S/C19H26N2OS/c1-14-7-6-10-21(11-14)19(2,3)13-20-18(22)16-12-23-17-9-5-4-8-15(16)17/h4-5,8-9,12,14H,6-7,10-11,13H2,1-3H3,(H,20,22). The monoisotopic (exact) mass is 330 g/mol. The largest absolute Gasteiger partial charge is 0.350 e. The van der Waals surface area contributed by atoms with E-state index < -0.39 is 0 Å². The molecule has 3 rings (SSSR count). The highest BCUT2D eigenvalue weighted by Crippen LogP contribution is 2.26. The average Bonchev–Trinajstić information content (AvgIpc) is 2.97. The first-order chi connectivity index (χ1) is 11.0. The van der Waals surface area contributed by atoms with Crippen LogP contribution in [0.25, 0.3) is 10.1 Å². The van der Waals surface area contributed by atoms with Gasteiger partial charge < -0.3 is 5.32 Å². The van der Waals surface area contributed by atoms with E-state index in [4.69, 9.17) is 0 Å². The molecule has 1 aromatic carbocycles. The topological polar surface area (TPSA) is 32.3 Å². The fourth-order valence-corrected chi connectivity index (χ4v) is 4.34. The van der Waals surface area contributed by atoms with Crippen LogP contribution in [0, 0.1) is 5.92 Å². The smallest absolute Gasteiger partial charge is 0.252 e. The van der Waals surface area contributed by atoms with Crippen molar-refractivity contribution in [3.05, 3.63) is 35.2 Å². The van der Waals surface area contributed by atoms with Crippen LogP contribution >= 0.6 is 11.3 Å². The number of piperidine rings is 1. The Bertz CT molecular complexity index is 691. The van der Waals surface area contributed by atoms with Gasteiger partial charge in [-0.05, 0) is 45.2 Å². The van der Waals surface area contributed by atoms with Crippen molar-refractivity contribution in [3.63, 3.8) is 0 Å². The molecular formula is C19H26N2OS. The summed E-state index contributed by atoms with van der Waals surface area (Å²) in [6.07, 6.45) is 2.58. The minimum Gasteiger partial charge on any atom is -0.350 e. The van der Waals surface area contributed by atoms with E-state index in [0.29, 0.717) is 6.54 Å². The van der Waals surface area contributed by atoms with Crippen LogP contribution in [0.1, 0.15) is 44.0 Å². The lowest BCUT2D eigenvalue weighted by atomic mass is 9.93. The molecule has 1 saturated heterocycles. The highest BCUT2D eigenvalue weighted by Gasteiger charge is 2.30.